The lowest BCUT2D eigenvalue weighted by molar-refractivity contribution is -0.116. The number of nitrogens with one attached hydrogen (secondary N) is 2. The maximum absolute atomic E-state index is 14.4. The molecule has 1 amide bonds. The molecule has 3 rings (SSSR count). The summed E-state index contributed by atoms with van der Waals surface area (Å²) in [6.07, 6.45) is 3.61. The summed E-state index contributed by atoms with van der Waals surface area (Å²) in [5.41, 5.74) is 2.58. The van der Waals surface area contributed by atoms with Crippen LogP contribution in [0.15, 0.2) is 24.3 Å². The van der Waals surface area contributed by atoms with Crippen LogP contribution < -0.4 is 10.6 Å². The molecule has 0 radical (unpaired) electrons. The number of aryl methyl sites for hydroxylation is 2. The van der Waals surface area contributed by atoms with Gasteiger partial charge in [0.25, 0.3) is 0 Å². The number of aromatic nitrogens is 2. The molecule has 0 atom stereocenters. The normalized spacial score (nSPS) is 14.7. The van der Waals surface area contributed by atoms with Crippen LogP contribution in [0, 0.1) is 25.6 Å². The second-order valence-corrected chi connectivity index (χ2v) is 6.79. The minimum atomic E-state index is -0.401. The van der Waals surface area contributed by atoms with Gasteiger partial charge in [0, 0.05) is 17.8 Å². The Balaban J connectivity index is 0.00000243. The zero-order valence-electron chi connectivity index (χ0n) is 15.2. The summed E-state index contributed by atoms with van der Waals surface area (Å²) in [5, 5.41) is 10.4. The maximum Gasteiger partial charge on any atom is 0.224 e. The first-order valence-electron chi connectivity index (χ1n) is 8.86. The van der Waals surface area contributed by atoms with Crippen molar-refractivity contribution in [3.63, 3.8) is 0 Å². The Morgan fingerprint density at radius 3 is 2.65 bits per heavy atom. The fourth-order valence-electron chi connectivity index (χ4n) is 3.36. The molecule has 142 valence electrons. The number of benzene rings is 1. The van der Waals surface area contributed by atoms with Gasteiger partial charge >= 0.3 is 0 Å². The molecule has 2 aromatic rings. The lowest BCUT2D eigenvalue weighted by Gasteiger charge is -2.22. The molecule has 0 saturated carbocycles. The van der Waals surface area contributed by atoms with Gasteiger partial charge in [-0.05, 0) is 76.4 Å². The van der Waals surface area contributed by atoms with Gasteiger partial charge < -0.3 is 10.6 Å². The van der Waals surface area contributed by atoms with Crippen molar-refractivity contribution in [2.75, 3.05) is 18.4 Å². The average Bonchev–Trinajstić information content (AvgIpc) is 2.92. The van der Waals surface area contributed by atoms with E-state index in [-0.39, 0.29) is 18.3 Å². The van der Waals surface area contributed by atoms with Crippen molar-refractivity contribution in [2.45, 2.75) is 39.5 Å². The van der Waals surface area contributed by atoms with Crippen LogP contribution in [-0.4, -0.2) is 28.8 Å². The van der Waals surface area contributed by atoms with Gasteiger partial charge in [0.15, 0.2) is 5.82 Å². The molecule has 5 nitrogen and oxygen atoms in total. The summed E-state index contributed by atoms with van der Waals surface area (Å²) in [4.78, 5) is 12.1. The third-order valence-corrected chi connectivity index (χ3v) is 4.71. The molecule has 1 aromatic carbocycles. The standard InChI is InChI=1S/C19H25FN4O.ClH/c1-13-11-14(2)24(23-13)18-5-4-16(12-17(18)20)22-19(25)6-3-15-7-9-21-10-8-15;/h4-5,11-12,15,21H,3,6-10H2,1-2H3,(H,22,25);1H. The second kappa shape index (κ2) is 9.14. The molecule has 2 N–H and O–H groups in total. The number of nitrogens with zero attached hydrogens (tertiary/aromatic N) is 2. The van der Waals surface area contributed by atoms with E-state index in [0.717, 1.165) is 43.7 Å². The molecule has 1 fully saturated rings. The molecular formula is C19H26ClFN4O. The molecule has 0 unspecified atom stereocenters. The summed E-state index contributed by atoms with van der Waals surface area (Å²) in [5.74, 6) is 0.149. The number of hydrogen-bond donors (Lipinski definition) is 2. The molecule has 0 spiro atoms. The third kappa shape index (κ3) is 5.05. The van der Waals surface area contributed by atoms with Gasteiger partial charge in [0.05, 0.1) is 5.69 Å². The maximum atomic E-state index is 14.4. The summed E-state index contributed by atoms with van der Waals surface area (Å²) in [6, 6.07) is 6.62. The van der Waals surface area contributed by atoms with Gasteiger partial charge in [-0.25, -0.2) is 9.07 Å². The first kappa shape index (κ1) is 20.4. The molecule has 1 saturated heterocycles. The molecule has 0 bridgehead atoms. The smallest absolute Gasteiger partial charge is 0.224 e. The molecule has 1 aliphatic heterocycles. The highest BCUT2D eigenvalue weighted by atomic mass is 35.5. The highest BCUT2D eigenvalue weighted by molar-refractivity contribution is 5.90. The van der Waals surface area contributed by atoms with Crippen molar-refractivity contribution in [2.24, 2.45) is 5.92 Å². The van der Waals surface area contributed by atoms with E-state index in [0.29, 0.717) is 23.7 Å². The van der Waals surface area contributed by atoms with E-state index in [1.807, 2.05) is 19.9 Å². The molecular weight excluding hydrogens is 355 g/mol. The molecule has 7 heteroatoms. The Kier molecular flexibility index (Phi) is 7.17. The summed E-state index contributed by atoms with van der Waals surface area (Å²) in [6.45, 7) is 5.82. The number of rotatable bonds is 5. The third-order valence-electron chi connectivity index (χ3n) is 4.71. The fourth-order valence-corrected chi connectivity index (χ4v) is 3.36. The number of amides is 1. The van der Waals surface area contributed by atoms with E-state index >= 15 is 0 Å². The number of halogens is 2. The van der Waals surface area contributed by atoms with Crippen LogP contribution in [0.4, 0.5) is 10.1 Å². The van der Waals surface area contributed by atoms with E-state index in [2.05, 4.69) is 15.7 Å². The fraction of sp³-hybridized carbons (Fsp3) is 0.474. The molecule has 26 heavy (non-hydrogen) atoms. The van der Waals surface area contributed by atoms with Gasteiger partial charge in [-0.2, -0.15) is 5.10 Å². The van der Waals surface area contributed by atoms with E-state index in [1.54, 1.807) is 16.8 Å². The van der Waals surface area contributed by atoms with Crippen LogP contribution in [-0.2, 0) is 4.79 Å². The van der Waals surface area contributed by atoms with Crippen LogP contribution in [0.25, 0.3) is 5.69 Å². The van der Waals surface area contributed by atoms with Gasteiger partial charge in [-0.3, -0.25) is 4.79 Å². The number of carbonyl (C=O) groups excluding carboxylic acids is 1. The molecule has 1 aromatic heterocycles. The largest absolute Gasteiger partial charge is 0.326 e. The minimum absolute atomic E-state index is 0. The Bertz CT molecular complexity index is 756. The quantitative estimate of drug-likeness (QED) is 0.830. The number of anilines is 1. The monoisotopic (exact) mass is 380 g/mol. The Labute approximate surface area is 159 Å². The van der Waals surface area contributed by atoms with Crippen molar-refractivity contribution in [1.82, 2.24) is 15.1 Å². The molecule has 2 heterocycles. The molecule has 0 aliphatic carbocycles. The number of piperidine rings is 1. The van der Waals surface area contributed by atoms with E-state index in [4.69, 9.17) is 0 Å². The minimum Gasteiger partial charge on any atom is -0.326 e. The van der Waals surface area contributed by atoms with Gasteiger partial charge in [-0.1, -0.05) is 0 Å². The summed E-state index contributed by atoms with van der Waals surface area (Å²) < 4.78 is 16.0. The Morgan fingerprint density at radius 1 is 1.31 bits per heavy atom. The van der Waals surface area contributed by atoms with Crippen molar-refractivity contribution >= 4 is 24.0 Å². The van der Waals surface area contributed by atoms with Crippen LogP contribution in [0.3, 0.4) is 0 Å². The zero-order valence-corrected chi connectivity index (χ0v) is 16.0. The van der Waals surface area contributed by atoms with Crippen LogP contribution in [0.2, 0.25) is 0 Å². The second-order valence-electron chi connectivity index (χ2n) is 6.79. The van der Waals surface area contributed by atoms with E-state index in [1.165, 1.54) is 6.07 Å². The van der Waals surface area contributed by atoms with Crippen LogP contribution in [0.1, 0.15) is 37.1 Å². The molecule has 1 aliphatic rings. The zero-order chi connectivity index (χ0) is 17.8. The average molecular weight is 381 g/mol. The topological polar surface area (TPSA) is 59.0 Å². The van der Waals surface area contributed by atoms with Crippen LogP contribution in [0.5, 0.6) is 0 Å². The summed E-state index contributed by atoms with van der Waals surface area (Å²) >= 11 is 0. The SMILES string of the molecule is Cc1cc(C)n(-c2ccc(NC(=O)CCC3CCNCC3)cc2F)n1.Cl. The predicted molar refractivity (Wildman–Crippen MR) is 104 cm³/mol. The van der Waals surface area contributed by atoms with Crippen molar-refractivity contribution in [3.05, 3.63) is 41.5 Å². The highest BCUT2D eigenvalue weighted by Gasteiger charge is 2.15. The predicted octanol–water partition coefficient (Wildman–Crippen LogP) is 3.77. The lowest BCUT2D eigenvalue weighted by atomic mass is 9.93. The lowest BCUT2D eigenvalue weighted by Crippen LogP contribution is -2.28. The van der Waals surface area contributed by atoms with Crippen molar-refractivity contribution in [1.29, 1.82) is 0 Å². The number of hydrogen-bond acceptors (Lipinski definition) is 3. The Morgan fingerprint density at radius 2 is 2.04 bits per heavy atom. The van der Waals surface area contributed by atoms with Crippen molar-refractivity contribution < 1.29 is 9.18 Å². The van der Waals surface area contributed by atoms with Crippen molar-refractivity contribution in [3.8, 4) is 5.69 Å². The van der Waals surface area contributed by atoms with E-state index in [9.17, 15) is 9.18 Å². The van der Waals surface area contributed by atoms with Crippen LogP contribution >= 0.6 is 12.4 Å². The summed E-state index contributed by atoms with van der Waals surface area (Å²) in [7, 11) is 0. The first-order valence-corrected chi connectivity index (χ1v) is 8.86. The van der Waals surface area contributed by atoms with E-state index < -0.39 is 5.82 Å². The van der Waals surface area contributed by atoms with Gasteiger partial charge in [0.1, 0.15) is 5.69 Å². The van der Waals surface area contributed by atoms with Gasteiger partial charge in [0.2, 0.25) is 5.91 Å². The Hall–Kier alpha value is -1.92. The number of carbonyl (C=O) groups is 1. The van der Waals surface area contributed by atoms with Gasteiger partial charge in [-0.15, -0.1) is 12.4 Å². The first-order chi connectivity index (χ1) is 12.0. The highest BCUT2D eigenvalue weighted by Crippen LogP contribution is 2.21.